The minimum Gasteiger partial charge on any atom is -0.398 e. The number of nitrogen functional groups attached to an aromatic ring is 1. The lowest BCUT2D eigenvalue weighted by Crippen LogP contribution is -2.14. The fraction of sp³-hybridized carbons (Fsp3) is 0. The highest BCUT2D eigenvalue weighted by Crippen LogP contribution is 2.25. The lowest BCUT2D eigenvalue weighted by molar-refractivity contribution is 1.43. The van der Waals surface area contributed by atoms with Crippen molar-refractivity contribution in [2.75, 3.05) is 5.73 Å². The molecule has 0 unspecified atom stereocenters. The summed E-state index contributed by atoms with van der Waals surface area (Å²) < 4.78 is 0.900. The maximum Gasteiger partial charge on any atom is 0.133 e. The SMILES string of the molecule is NC(=Nc1ccccc1Br)c1ccccc1N. The highest BCUT2D eigenvalue weighted by atomic mass is 79.9. The van der Waals surface area contributed by atoms with Crippen molar-refractivity contribution in [1.29, 1.82) is 0 Å². The van der Waals surface area contributed by atoms with Crippen LogP contribution in [-0.2, 0) is 0 Å². The molecule has 17 heavy (non-hydrogen) atoms. The lowest BCUT2D eigenvalue weighted by Gasteiger charge is -2.05. The van der Waals surface area contributed by atoms with Gasteiger partial charge in [-0.3, -0.25) is 0 Å². The molecule has 2 aromatic carbocycles. The zero-order chi connectivity index (χ0) is 12.3. The molecule has 0 amide bonds. The second-order valence-corrected chi connectivity index (χ2v) is 4.39. The molecule has 0 radical (unpaired) electrons. The van der Waals surface area contributed by atoms with Gasteiger partial charge in [0.25, 0.3) is 0 Å². The van der Waals surface area contributed by atoms with Gasteiger partial charge in [0.1, 0.15) is 5.84 Å². The van der Waals surface area contributed by atoms with E-state index in [1.165, 1.54) is 0 Å². The number of amidine groups is 1. The zero-order valence-electron chi connectivity index (χ0n) is 9.10. The number of nitrogens with zero attached hydrogens (tertiary/aromatic N) is 1. The largest absolute Gasteiger partial charge is 0.398 e. The highest BCUT2D eigenvalue weighted by Gasteiger charge is 2.03. The third kappa shape index (κ3) is 2.65. The summed E-state index contributed by atoms with van der Waals surface area (Å²) in [5.74, 6) is 0.412. The van der Waals surface area contributed by atoms with Crippen molar-refractivity contribution in [3.8, 4) is 0 Å². The van der Waals surface area contributed by atoms with Crippen molar-refractivity contribution in [3.63, 3.8) is 0 Å². The van der Waals surface area contributed by atoms with Gasteiger partial charge in [0, 0.05) is 15.7 Å². The van der Waals surface area contributed by atoms with E-state index in [0.29, 0.717) is 11.5 Å². The van der Waals surface area contributed by atoms with Gasteiger partial charge in [0.05, 0.1) is 5.69 Å². The molecule has 0 saturated heterocycles. The Kier molecular flexibility index (Phi) is 3.44. The van der Waals surface area contributed by atoms with Crippen LogP contribution in [0.5, 0.6) is 0 Å². The Bertz CT molecular complexity index is 564. The first-order valence-corrected chi connectivity index (χ1v) is 5.91. The monoisotopic (exact) mass is 289 g/mol. The average Bonchev–Trinajstić information content (AvgIpc) is 2.32. The van der Waals surface area contributed by atoms with Gasteiger partial charge in [-0.2, -0.15) is 0 Å². The third-order valence-electron chi connectivity index (χ3n) is 2.33. The van der Waals surface area contributed by atoms with Gasteiger partial charge >= 0.3 is 0 Å². The number of hydrogen-bond donors (Lipinski definition) is 2. The number of anilines is 1. The summed E-state index contributed by atoms with van der Waals surface area (Å²) >= 11 is 3.42. The van der Waals surface area contributed by atoms with Crippen molar-refractivity contribution in [1.82, 2.24) is 0 Å². The van der Waals surface area contributed by atoms with Crippen LogP contribution in [0.25, 0.3) is 0 Å². The van der Waals surface area contributed by atoms with Crippen molar-refractivity contribution in [2.24, 2.45) is 10.7 Å². The number of rotatable bonds is 2. The quantitative estimate of drug-likeness (QED) is 0.507. The Morgan fingerprint density at radius 2 is 1.65 bits per heavy atom. The van der Waals surface area contributed by atoms with Crippen LogP contribution < -0.4 is 11.5 Å². The van der Waals surface area contributed by atoms with Gasteiger partial charge in [-0.05, 0) is 40.2 Å². The van der Waals surface area contributed by atoms with Crippen LogP contribution >= 0.6 is 15.9 Å². The van der Waals surface area contributed by atoms with E-state index < -0.39 is 0 Å². The molecule has 0 fully saturated rings. The van der Waals surface area contributed by atoms with Gasteiger partial charge in [-0.1, -0.05) is 24.3 Å². The molecule has 86 valence electrons. The first kappa shape index (κ1) is 11.7. The topological polar surface area (TPSA) is 64.4 Å². The van der Waals surface area contributed by atoms with E-state index in [1.54, 1.807) is 6.07 Å². The number of benzene rings is 2. The number of nitrogens with two attached hydrogens (primary N) is 2. The number of para-hydroxylation sites is 2. The lowest BCUT2D eigenvalue weighted by atomic mass is 10.1. The summed E-state index contributed by atoms with van der Waals surface area (Å²) in [5.41, 5.74) is 14.0. The Morgan fingerprint density at radius 1 is 1.00 bits per heavy atom. The standard InChI is InChI=1S/C13H12BrN3/c14-10-6-2-4-8-12(10)17-13(16)9-5-1-3-7-11(9)15/h1-8H,15H2,(H2,16,17). The number of aliphatic imine (C=N–C) groups is 1. The van der Waals surface area contributed by atoms with Gasteiger partial charge in [-0.25, -0.2) is 4.99 Å². The summed E-state index contributed by atoms with van der Waals surface area (Å²) in [5, 5.41) is 0. The number of halogens is 1. The van der Waals surface area contributed by atoms with Crippen molar-refractivity contribution >= 4 is 33.1 Å². The van der Waals surface area contributed by atoms with Crippen LogP contribution in [0.3, 0.4) is 0 Å². The van der Waals surface area contributed by atoms with Crippen LogP contribution in [0.1, 0.15) is 5.56 Å². The molecule has 0 heterocycles. The van der Waals surface area contributed by atoms with E-state index in [-0.39, 0.29) is 0 Å². The molecule has 2 rings (SSSR count). The molecule has 0 saturated carbocycles. The Morgan fingerprint density at radius 3 is 2.35 bits per heavy atom. The molecule has 0 spiro atoms. The van der Waals surface area contributed by atoms with Crippen LogP contribution in [-0.4, -0.2) is 5.84 Å². The Labute approximate surface area is 108 Å². The molecule has 2 aromatic rings. The second-order valence-electron chi connectivity index (χ2n) is 3.54. The number of hydrogen-bond acceptors (Lipinski definition) is 2. The van der Waals surface area contributed by atoms with Crippen LogP contribution in [0.15, 0.2) is 58.0 Å². The van der Waals surface area contributed by atoms with Gasteiger partial charge in [-0.15, -0.1) is 0 Å². The molecule has 0 atom stereocenters. The van der Waals surface area contributed by atoms with Crippen molar-refractivity contribution < 1.29 is 0 Å². The summed E-state index contributed by atoms with van der Waals surface area (Å²) in [6, 6.07) is 15.0. The fourth-order valence-corrected chi connectivity index (χ4v) is 1.84. The summed E-state index contributed by atoms with van der Waals surface area (Å²) in [7, 11) is 0. The summed E-state index contributed by atoms with van der Waals surface area (Å²) in [4.78, 5) is 4.36. The fourth-order valence-electron chi connectivity index (χ4n) is 1.46. The minimum absolute atomic E-state index is 0.412. The molecule has 0 aliphatic rings. The van der Waals surface area contributed by atoms with Crippen molar-refractivity contribution in [2.45, 2.75) is 0 Å². The predicted molar refractivity (Wildman–Crippen MR) is 75.4 cm³/mol. The smallest absolute Gasteiger partial charge is 0.133 e. The van der Waals surface area contributed by atoms with E-state index in [9.17, 15) is 0 Å². The average molecular weight is 290 g/mol. The van der Waals surface area contributed by atoms with Crippen molar-refractivity contribution in [3.05, 3.63) is 58.6 Å². The molecule has 0 bridgehead atoms. The first-order valence-electron chi connectivity index (χ1n) is 5.12. The van der Waals surface area contributed by atoms with E-state index in [1.807, 2.05) is 42.5 Å². The first-order chi connectivity index (χ1) is 8.18. The normalized spacial score (nSPS) is 11.5. The van der Waals surface area contributed by atoms with Gasteiger partial charge in [0.15, 0.2) is 0 Å². The van der Waals surface area contributed by atoms with Gasteiger partial charge in [0.2, 0.25) is 0 Å². The molecular weight excluding hydrogens is 278 g/mol. The molecule has 3 nitrogen and oxygen atoms in total. The summed E-state index contributed by atoms with van der Waals surface area (Å²) in [6.07, 6.45) is 0. The molecule has 0 aliphatic carbocycles. The molecular formula is C13H12BrN3. The zero-order valence-corrected chi connectivity index (χ0v) is 10.7. The maximum atomic E-state index is 5.95. The van der Waals surface area contributed by atoms with Crippen LogP contribution in [0.4, 0.5) is 11.4 Å². The van der Waals surface area contributed by atoms with E-state index in [4.69, 9.17) is 11.5 Å². The van der Waals surface area contributed by atoms with Crippen LogP contribution in [0, 0.1) is 0 Å². The van der Waals surface area contributed by atoms with Crippen LogP contribution in [0.2, 0.25) is 0 Å². The third-order valence-corrected chi connectivity index (χ3v) is 3.00. The van der Waals surface area contributed by atoms with E-state index in [0.717, 1.165) is 15.7 Å². The summed E-state index contributed by atoms with van der Waals surface area (Å²) in [6.45, 7) is 0. The Hall–Kier alpha value is -1.81. The van der Waals surface area contributed by atoms with E-state index >= 15 is 0 Å². The van der Waals surface area contributed by atoms with E-state index in [2.05, 4.69) is 20.9 Å². The molecule has 4 heteroatoms. The highest BCUT2D eigenvalue weighted by molar-refractivity contribution is 9.10. The molecule has 0 aromatic heterocycles. The molecule has 0 aliphatic heterocycles. The maximum absolute atomic E-state index is 5.95. The molecule has 4 N–H and O–H groups in total. The van der Waals surface area contributed by atoms with Gasteiger partial charge < -0.3 is 11.5 Å². The minimum atomic E-state index is 0.412. The second kappa shape index (κ2) is 5.01. The predicted octanol–water partition coefficient (Wildman–Crippen LogP) is 3.07. The Balaban J connectivity index is 2.42.